The predicted molar refractivity (Wildman–Crippen MR) is 70.8 cm³/mol. The molecule has 0 aliphatic heterocycles. The van der Waals surface area contributed by atoms with Gasteiger partial charge < -0.3 is 5.32 Å². The van der Waals surface area contributed by atoms with Crippen molar-refractivity contribution in [2.24, 2.45) is 5.92 Å². The minimum atomic E-state index is 0.751. The number of hydrogen-bond donors (Lipinski definition) is 1. The van der Waals surface area contributed by atoms with Gasteiger partial charge in [0.25, 0.3) is 0 Å². The van der Waals surface area contributed by atoms with Crippen molar-refractivity contribution in [3.05, 3.63) is 29.8 Å². The minimum Gasteiger partial charge on any atom is -0.384 e. The van der Waals surface area contributed by atoms with Gasteiger partial charge in [-0.2, -0.15) is 5.26 Å². The quantitative estimate of drug-likeness (QED) is 0.795. The average molecular weight is 228 g/mol. The first kappa shape index (κ1) is 12.0. The van der Waals surface area contributed by atoms with Crippen molar-refractivity contribution in [3.63, 3.8) is 0 Å². The van der Waals surface area contributed by atoms with Gasteiger partial charge in [0.05, 0.1) is 11.3 Å². The van der Waals surface area contributed by atoms with Gasteiger partial charge in [0.1, 0.15) is 6.07 Å². The lowest BCUT2D eigenvalue weighted by molar-refractivity contribution is 0.483. The molecule has 0 atom stereocenters. The van der Waals surface area contributed by atoms with E-state index in [-0.39, 0.29) is 0 Å². The second-order valence-corrected chi connectivity index (χ2v) is 4.90. The maximum absolute atomic E-state index is 9.01. The molecule has 90 valence electrons. The fraction of sp³-hybridized carbons (Fsp3) is 0.533. The third kappa shape index (κ3) is 3.49. The summed E-state index contributed by atoms with van der Waals surface area (Å²) >= 11 is 0. The van der Waals surface area contributed by atoms with Gasteiger partial charge >= 0.3 is 0 Å². The van der Waals surface area contributed by atoms with Crippen molar-refractivity contribution in [2.75, 3.05) is 11.9 Å². The Hall–Kier alpha value is -1.49. The summed E-state index contributed by atoms with van der Waals surface area (Å²) in [5, 5.41) is 12.4. The second-order valence-electron chi connectivity index (χ2n) is 4.90. The fourth-order valence-electron chi connectivity index (χ4n) is 2.56. The van der Waals surface area contributed by atoms with Crippen LogP contribution in [0.3, 0.4) is 0 Å². The van der Waals surface area contributed by atoms with Crippen molar-refractivity contribution in [1.82, 2.24) is 0 Å². The number of nitrogens with one attached hydrogen (secondary N) is 1. The molecule has 1 aliphatic carbocycles. The van der Waals surface area contributed by atoms with Gasteiger partial charge in [0.2, 0.25) is 0 Å². The van der Waals surface area contributed by atoms with Gasteiger partial charge in [-0.05, 0) is 30.9 Å². The van der Waals surface area contributed by atoms with Crippen LogP contribution in [0.25, 0.3) is 0 Å². The summed E-state index contributed by atoms with van der Waals surface area (Å²) < 4.78 is 0. The van der Waals surface area contributed by atoms with Gasteiger partial charge in [0, 0.05) is 6.54 Å². The summed E-state index contributed by atoms with van der Waals surface area (Å²) in [5.74, 6) is 0.782. The third-order valence-electron chi connectivity index (χ3n) is 3.60. The van der Waals surface area contributed by atoms with Crippen LogP contribution in [0.5, 0.6) is 0 Å². The topological polar surface area (TPSA) is 35.8 Å². The van der Waals surface area contributed by atoms with E-state index in [1.54, 1.807) is 0 Å². The van der Waals surface area contributed by atoms with Crippen LogP contribution in [0, 0.1) is 17.2 Å². The standard InChI is InChI=1S/C15H20N2/c16-11-14-9-5-6-10-15(14)17-12-13-7-3-1-2-4-8-13/h5-6,9-10,13,17H,1-4,7-8,12H2. The van der Waals surface area contributed by atoms with Gasteiger partial charge in [-0.1, -0.05) is 37.8 Å². The molecule has 0 bridgehead atoms. The lowest BCUT2D eigenvalue weighted by Crippen LogP contribution is -2.14. The Morgan fingerprint density at radius 1 is 1.12 bits per heavy atom. The van der Waals surface area contributed by atoms with Crippen molar-refractivity contribution in [2.45, 2.75) is 38.5 Å². The first-order chi connectivity index (χ1) is 8.40. The van der Waals surface area contributed by atoms with Gasteiger partial charge in [0.15, 0.2) is 0 Å². The summed E-state index contributed by atoms with van der Waals surface area (Å²) in [6.07, 6.45) is 8.19. The van der Waals surface area contributed by atoms with Crippen LogP contribution in [0.15, 0.2) is 24.3 Å². The highest BCUT2D eigenvalue weighted by Crippen LogP contribution is 2.23. The summed E-state index contributed by atoms with van der Waals surface area (Å²) in [6, 6.07) is 9.99. The molecule has 1 aromatic rings. The van der Waals surface area contributed by atoms with E-state index in [0.29, 0.717) is 0 Å². The summed E-state index contributed by atoms with van der Waals surface area (Å²) in [7, 11) is 0. The van der Waals surface area contributed by atoms with Crippen molar-refractivity contribution in [3.8, 4) is 6.07 Å². The third-order valence-corrected chi connectivity index (χ3v) is 3.60. The van der Waals surface area contributed by atoms with E-state index in [1.165, 1.54) is 38.5 Å². The van der Waals surface area contributed by atoms with Crippen molar-refractivity contribution >= 4 is 5.69 Å². The molecule has 0 amide bonds. The van der Waals surface area contributed by atoms with Gasteiger partial charge in [-0.3, -0.25) is 0 Å². The van der Waals surface area contributed by atoms with Crippen LogP contribution >= 0.6 is 0 Å². The van der Waals surface area contributed by atoms with Crippen LogP contribution in [0.1, 0.15) is 44.1 Å². The normalized spacial score (nSPS) is 17.1. The minimum absolute atomic E-state index is 0.751. The summed E-state index contributed by atoms with van der Waals surface area (Å²) in [5.41, 5.74) is 1.74. The first-order valence-corrected chi connectivity index (χ1v) is 6.63. The Labute approximate surface area is 104 Å². The van der Waals surface area contributed by atoms with E-state index < -0.39 is 0 Å². The maximum Gasteiger partial charge on any atom is 0.101 e. The van der Waals surface area contributed by atoms with Crippen molar-refractivity contribution in [1.29, 1.82) is 5.26 Å². The van der Waals surface area contributed by atoms with Crippen LogP contribution < -0.4 is 5.32 Å². The number of benzene rings is 1. The Morgan fingerprint density at radius 3 is 2.53 bits per heavy atom. The Bertz CT molecular complexity index is 384. The van der Waals surface area contributed by atoms with Crippen LogP contribution in [-0.4, -0.2) is 6.54 Å². The molecule has 0 spiro atoms. The predicted octanol–water partition coefficient (Wildman–Crippen LogP) is 3.94. The number of anilines is 1. The van der Waals surface area contributed by atoms with E-state index in [9.17, 15) is 0 Å². The number of nitriles is 1. The molecule has 0 radical (unpaired) electrons. The van der Waals surface area contributed by atoms with Crippen LogP contribution in [0.4, 0.5) is 5.69 Å². The molecule has 0 saturated heterocycles. The lowest BCUT2D eigenvalue weighted by atomic mass is 10.0. The highest BCUT2D eigenvalue weighted by atomic mass is 14.9. The highest BCUT2D eigenvalue weighted by molar-refractivity contribution is 5.57. The first-order valence-electron chi connectivity index (χ1n) is 6.63. The van der Waals surface area contributed by atoms with E-state index in [1.807, 2.05) is 24.3 Å². The van der Waals surface area contributed by atoms with E-state index >= 15 is 0 Å². The van der Waals surface area contributed by atoms with E-state index in [4.69, 9.17) is 5.26 Å². The second kappa shape index (κ2) is 6.30. The Morgan fingerprint density at radius 2 is 1.82 bits per heavy atom. The van der Waals surface area contributed by atoms with Crippen LogP contribution in [0.2, 0.25) is 0 Å². The molecule has 17 heavy (non-hydrogen) atoms. The molecular weight excluding hydrogens is 208 g/mol. The largest absolute Gasteiger partial charge is 0.384 e. The number of nitrogens with zero attached hydrogens (tertiary/aromatic N) is 1. The molecule has 1 fully saturated rings. The summed E-state index contributed by atoms with van der Waals surface area (Å²) in [4.78, 5) is 0. The summed E-state index contributed by atoms with van der Waals surface area (Å²) in [6.45, 7) is 1.01. The zero-order valence-electron chi connectivity index (χ0n) is 10.3. The molecule has 1 aromatic carbocycles. The molecule has 2 nitrogen and oxygen atoms in total. The molecule has 0 aromatic heterocycles. The SMILES string of the molecule is N#Cc1ccccc1NCC1CCCCCC1. The molecule has 0 heterocycles. The number of hydrogen-bond acceptors (Lipinski definition) is 2. The molecule has 0 unspecified atom stereocenters. The Balaban J connectivity index is 1.90. The smallest absolute Gasteiger partial charge is 0.101 e. The van der Waals surface area contributed by atoms with Gasteiger partial charge in [-0.25, -0.2) is 0 Å². The fourth-order valence-corrected chi connectivity index (χ4v) is 2.56. The average Bonchev–Trinajstić information content (AvgIpc) is 2.65. The molecule has 2 heteroatoms. The molecular formula is C15H20N2. The van der Waals surface area contributed by atoms with Gasteiger partial charge in [-0.15, -0.1) is 0 Å². The molecule has 2 rings (SSSR count). The Kier molecular flexibility index (Phi) is 4.44. The number of para-hydroxylation sites is 1. The van der Waals surface area contributed by atoms with Crippen LogP contribution in [-0.2, 0) is 0 Å². The molecule has 1 saturated carbocycles. The van der Waals surface area contributed by atoms with E-state index in [2.05, 4.69) is 11.4 Å². The highest BCUT2D eigenvalue weighted by Gasteiger charge is 2.12. The number of rotatable bonds is 3. The zero-order valence-corrected chi connectivity index (χ0v) is 10.3. The monoisotopic (exact) mass is 228 g/mol. The molecule has 1 N–H and O–H groups in total. The molecule has 1 aliphatic rings. The van der Waals surface area contributed by atoms with Crippen molar-refractivity contribution < 1.29 is 0 Å². The maximum atomic E-state index is 9.01. The zero-order chi connectivity index (χ0) is 11.9. The lowest BCUT2D eigenvalue weighted by Gasteiger charge is -2.16. The van der Waals surface area contributed by atoms with E-state index in [0.717, 1.165) is 23.7 Å².